The smallest absolute Gasteiger partial charge is 0.254 e. The number of carbonyl (C=O) groups is 1. The quantitative estimate of drug-likeness (QED) is 0.447. The Hall–Kier alpha value is -3.97. The average molecular weight is 467 g/mol. The van der Waals surface area contributed by atoms with Crippen molar-refractivity contribution in [3.63, 3.8) is 0 Å². The standard InChI is InChI=1S/C28H26N4O3/c1-19-2-4-24-22(14-19)23(16-25(30-24)21-6-8-29-9-7-21)28(33)32-12-10-31(11-13-32)17-20-3-5-26-27(15-20)35-18-34-26/h2-9,14-16H,10-13,17-18H2,1H3. The molecule has 0 aliphatic carbocycles. The van der Waals surface area contributed by atoms with Gasteiger partial charge in [0.15, 0.2) is 11.5 Å². The van der Waals surface area contributed by atoms with E-state index in [-0.39, 0.29) is 12.7 Å². The highest BCUT2D eigenvalue weighted by Gasteiger charge is 2.25. The molecule has 4 aromatic rings. The predicted octanol–water partition coefficient (Wildman–Crippen LogP) is 4.29. The van der Waals surface area contributed by atoms with E-state index in [1.54, 1.807) is 12.4 Å². The van der Waals surface area contributed by atoms with Crippen LogP contribution in [-0.4, -0.2) is 58.6 Å². The SMILES string of the molecule is Cc1ccc2nc(-c3ccncc3)cc(C(=O)N3CCN(Cc4ccc5c(c4)OCO5)CC3)c2c1. The molecule has 4 heterocycles. The Kier molecular flexibility index (Phi) is 5.54. The fourth-order valence-corrected chi connectivity index (χ4v) is 4.76. The number of pyridine rings is 2. The van der Waals surface area contributed by atoms with Crippen LogP contribution >= 0.6 is 0 Å². The minimum Gasteiger partial charge on any atom is -0.454 e. The number of aromatic nitrogens is 2. The minimum absolute atomic E-state index is 0.0565. The van der Waals surface area contributed by atoms with Gasteiger partial charge >= 0.3 is 0 Å². The molecule has 1 amide bonds. The highest BCUT2D eigenvalue weighted by Crippen LogP contribution is 2.33. The highest BCUT2D eigenvalue weighted by molar-refractivity contribution is 6.07. The Morgan fingerprint density at radius 2 is 1.71 bits per heavy atom. The van der Waals surface area contributed by atoms with Gasteiger partial charge in [0.2, 0.25) is 6.79 Å². The number of nitrogens with zero attached hydrogens (tertiary/aromatic N) is 4. The van der Waals surface area contributed by atoms with Crippen molar-refractivity contribution in [1.29, 1.82) is 0 Å². The van der Waals surface area contributed by atoms with Gasteiger partial charge < -0.3 is 14.4 Å². The summed E-state index contributed by atoms with van der Waals surface area (Å²) in [5.41, 5.74) is 5.56. The van der Waals surface area contributed by atoms with Gasteiger partial charge in [0.25, 0.3) is 5.91 Å². The first-order valence-electron chi connectivity index (χ1n) is 11.9. The van der Waals surface area contributed by atoms with Gasteiger partial charge in [0.05, 0.1) is 16.8 Å². The Morgan fingerprint density at radius 3 is 2.54 bits per heavy atom. The molecule has 176 valence electrons. The summed E-state index contributed by atoms with van der Waals surface area (Å²) in [6.45, 7) is 6.15. The van der Waals surface area contributed by atoms with Crippen LogP contribution in [0.1, 0.15) is 21.5 Å². The second-order valence-corrected chi connectivity index (χ2v) is 9.07. The molecule has 0 radical (unpaired) electrons. The number of carbonyl (C=O) groups excluding carboxylic acids is 1. The number of hydrogen-bond donors (Lipinski definition) is 0. The number of amides is 1. The van der Waals surface area contributed by atoms with Crippen LogP contribution in [0.3, 0.4) is 0 Å². The molecule has 0 bridgehead atoms. The Balaban J connectivity index is 1.22. The van der Waals surface area contributed by atoms with Crippen LogP contribution < -0.4 is 9.47 Å². The third kappa shape index (κ3) is 4.31. The van der Waals surface area contributed by atoms with E-state index in [9.17, 15) is 4.79 Å². The van der Waals surface area contributed by atoms with E-state index < -0.39 is 0 Å². The Morgan fingerprint density at radius 1 is 0.914 bits per heavy atom. The maximum atomic E-state index is 13.7. The van der Waals surface area contributed by atoms with E-state index in [1.165, 1.54) is 5.56 Å². The summed E-state index contributed by atoms with van der Waals surface area (Å²) in [5.74, 6) is 1.66. The van der Waals surface area contributed by atoms with Crippen molar-refractivity contribution >= 4 is 16.8 Å². The maximum Gasteiger partial charge on any atom is 0.254 e. The van der Waals surface area contributed by atoms with Gasteiger partial charge in [0, 0.05) is 56.1 Å². The molecule has 2 aromatic carbocycles. The first kappa shape index (κ1) is 21.6. The van der Waals surface area contributed by atoms with Crippen LogP contribution in [0.25, 0.3) is 22.2 Å². The third-order valence-corrected chi connectivity index (χ3v) is 6.67. The average Bonchev–Trinajstić information content (AvgIpc) is 3.37. The molecule has 7 nitrogen and oxygen atoms in total. The van der Waals surface area contributed by atoms with Gasteiger partial charge in [-0.3, -0.25) is 14.7 Å². The summed E-state index contributed by atoms with van der Waals surface area (Å²) >= 11 is 0. The first-order valence-corrected chi connectivity index (χ1v) is 11.9. The van der Waals surface area contributed by atoms with Gasteiger partial charge in [-0.05, 0) is 55.0 Å². The van der Waals surface area contributed by atoms with Crippen molar-refractivity contribution in [2.75, 3.05) is 33.0 Å². The molecule has 0 saturated carbocycles. The van der Waals surface area contributed by atoms with Crippen molar-refractivity contribution in [3.8, 4) is 22.8 Å². The van der Waals surface area contributed by atoms with E-state index >= 15 is 0 Å². The molecule has 2 aliphatic rings. The van der Waals surface area contributed by atoms with Crippen LogP contribution in [0, 0.1) is 6.92 Å². The number of benzene rings is 2. The van der Waals surface area contributed by atoms with Crippen molar-refractivity contribution < 1.29 is 14.3 Å². The molecular formula is C28H26N4O3. The van der Waals surface area contributed by atoms with Crippen LogP contribution in [0.2, 0.25) is 0 Å². The number of rotatable bonds is 4. The molecule has 0 N–H and O–H groups in total. The monoisotopic (exact) mass is 466 g/mol. The number of hydrogen-bond acceptors (Lipinski definition) is 6. The van der Waals surface area contributed by atoms with Crippen molar-refractivity contribution in [2.45, 2.75) is 13.5 Å². The fourth-order valence-electron chi connectivity index (χ4n) is 4.76. The predicted molar refractivity (Wildman–Crippen MR) is 133 cm³/mol. The van der Waals surface area contributed by atoms with Crippen molar-refractivity contribution in [3.05, 3.63) is 83.7 Å². The summed E-state index contributed by atoms with van der Waals surface area (Å²) < 4.78 is 10.9. The van der Waals surface area contributed by atoms with Crippen LogP contribution in [0.5, 0.6) is 11.5 Å². The molecule has 0 unspecified atom stereocenters. The van der Waals surface area contributed by atoms with Crippen LogP contribution in [0.15, 0.2) is 67.0 Å². The largest absolute Gasteiger partial charge is 0.454 e. The van der Waals surface area contributed by atoms with Crippen molar-refractivity contribution in [1.82, 2.24) is 19.8 Å². The second kappa shape index (κ2) is 9.00. The zero-order chi connectivity index (χ0) is 23.8. The maximum absolute atomic E-state index is 13.7. The van der Waals surface area contributed by atoms with Gasteiger partial charge in [-0.25, -0.2) is 4.98 Å². The summed E-state index contributed by atoms with van der Waals surface area (Å²) in [7, 11) is 0. The number of fused-ring (bicyclic) bond motifs is 2. The van der Waals surface area contributed by atoms with E-state index in [0.717, 1.165) is 58.9 Å². The highest BCUT2D eigenvalue weighted by atomic mass is 16.7. The summed E-state index contributed by atoms with van der Waals surface area (Å²) in [6, 6.07) is 18.0. The number of aryl methyl sites for hydroxylation is 1. The molecule has 6 rings (SSSR count). The molecule has 0 atom stereocenters. The lowest BCUT2D eigenvalue weighted by atomic mass is 10.0. The molecular weight excluding hydrogens is 440 g/mol. The second-order valence-electron chi connectivity index (χ2n) is 9.07. The summed E-state index contributed by atoms with van der Waals surface area (Å²) in [5, 5.41) is 0.899. The van der Waals surface area contributed by atoms with Crippen LogP contribution in [0.4, 0.5) is 0 Å². The van der Waals surface area contributed by atoms with Gasteiger partial charge in [0.1, 0.15) is 0 Å². The Labute approximate surface area is 203 Å². The minimum atomic E-state index is 0.0565. The molecule has 35 heavy (non-hydrogen) atoms. The van der Waals surface area contributed by atoms with E-state index in [4.69, 9.17) is 14.5 Å². The molecule has 2 aliphatic heterocycles. The Bertz CT molecular complexity index is 1400. The topological polar surface area (TPSA) is 67.8 Å². The van der Waals surface area contributed by atoms with Crippen LogP contribution in [-0.2, 0) is 6.54 Å². The van der Waals surface area contributed by atoms with E-state index in [1.807, 2.05) is 54.3 Å². The van der Waals surface area contributed by atoms with Gasteiger partial charge in [-0.1, -0.05) is 17.7 Å². The third-order valence-electron chi connectivity index (χ3n) is 6.67. The van der Waals surface area contributed by atoms with Crippen molar-refractivity contribution in [2.24, 2.45) is 0 Å². The molecule has 0 spiro atoms. The lowest BCUT2D eigenvalue weighted by Crippen LogP contribution is -2.48. The van der Waals surface area contributed by atoms with Gasteiger partial charge in [-0.15, -0.1) is 0 Å². The zero-order valence-electron chi connectivity index (χ0n) is 19.6. The molecule has 2 aromatic heterocycles. The lowest BCUT2D eigenvalue weighted by Gasteiger charge is -2.35. The molecule has 7 heteroatoms. The van der Waals surface area contributed by atoms with Gasteiger partial charge in [-0.2, -0.15) is 0 Å². The molecule has 1 saturated heterocycles. The van der Waals surface area contributed by atoms with E-state index in [2.05, 4.69) is 22.0 Å². The summed E-state index contributed by atoms with van der Waals surface area (Å²) in [4.78, 5) is 27.0. The number of ether oxygens (including phenoxy) is 2. The fraction of sp³-hybridized carbons (Fsp3) is 0.250. The normalized spacial score (nSPS) is 15.5. The summed E-state index contributed by atoms with van der Waals surface area (Å²) in [6.07, 6.45) is 3.49. The number of piperazine rings is 1. The molecule has 1 fully saturated rings. The lowest BCUT2D eigenvalue weighted by molar-refractivity contribution is 0.0630. The van der Waals surface area contributed by atoms with E-state index in [0.29, 0.717) is 18.7 Å². The first-order chi connectivity index (χ1) is 17.1. The zero-order valence-corrected chi connectivity index (χ0v) is 19.6.